The molecule has 1 aromatic heterocycles. The van der Waals surface area contributed by atoms with Gasteiger partial charge in [-0.3, -0.25) is 0 Å². The van der Waals surface area contributed by atoms with Crippen molar-refractivity contribution in [3.8, 4) is 0 Å². The van der Waals surface area contributed by atoms with Gasteiger partial charge in [0, 0.05) is 23.4 Å². The van der Waals surface area contributed by atoms with Gasteiger partial charge >= 0.3 is 0 Å². The van der Waals surface area contributed by atoms with E-state index in [0.29, 0.717) is 5.69 Å². The number of anilines is 2. The fourth-order valence-corrected chi connectivity index (χ4v) is 1.91. The van der Waals surface area contributed by atoms with Crippen LogP contribution >= 0.6 is 15.9 Å². The summed E-state index contributed by atoms with van der Waals surface area (Å²) < 4.78 is 15.9. The molecule has 0 aliphatic carbocycles. The molecule has 0 aliphatic heterocycles. The number of aromatic nitrogens is 2. The number of benzene rings is 1. The normalized spacial score (nSPS) is 10.5. The average Bonchev–Trinajstić information content (AvgIpc) is 2.72. The van der Waals surface area contributed by atoms with Crippen LogP contribution in [0.5, 0.6) is 0 Å². The maximum absolute atomic E-state index is 13.1. The van der Waals surface area contributed by atoms with E-state index in [1.165, 1.54) is 12.1 Å². The van der Waals surface area contributed by atoms with E-state index in [9.17, 15) is 4.39 Å². The van der Waals surface area contributed by atoms with Gasteiger partial charge in [0.2, 0.25) is 5.95 Å². The smallest absolute Gasteiger partial charge is 0.207 e. The number of nitrogens with zero attached hydrogens (tertiary/aromatic N) is 2. The van der Waals surface area contributed by atoms with Crippen molar-refractivity contribution >= 4 is 27.6 Å². The van der Waals surface area contributed by atoms with Crippen molar-refractivity contribution in [1.29, 1.82) is 0 Å². The van der Waals surface area contributed by atoms with E-state index in [-0.39, 0.29) is 5.82 Å². The first-order valence-electron chi connectivity index (χ1n) is 5.44. The Kier molecular flexibility index (Phi) is 3.78. The number of hydrogen-bond acceptors (Lipinski definition) is 2. The summed E-state index contributed by atoms with van der Waals surface area (Å²) in [5.41, 5.74) is 0.675. The van der Waals surface area contributed by atoms with Crippen molar-refractivity contribution in [3.05, 3.63) is 40.9 Å². The summed E-state index contributed by atoms with van der Waals surface area (Å²) in [6, 6.07) is 4.52. The van der Waals surface area contributed by atoms with E-state index in [1.807, 2.05) is 10.8 Å². The Morgan fingerprint density at radius 2 is 2.29 bits per heavy atom. The molecule has 3 nitrogen and oxygen atoms in total. The van der Waals surface area contributed by atoms with E-state index in [2.05, 4.69) is 33.2 Å². The van der Waals surface area contributed by atoms with Crippen molar-refractivity contribution in [2.24, 2.45) is 0 Å². The molecule has 1 aromatic carbocycles. The van der Waals surface area contributed by atoms with Crippen LogP contribution in [0, 0.1) is 5.82 Å². The first-order chi connectivity index (χ1) is 8.20. The van der Waals surface area contributed by atoms with Gasteiger partial charge in [0.25, 0.3) is 0 Å². The molecule has 0 radical (unpaired) electrons. The van der Waals surface area contributed by atoms with Crippen LogP contribution in [0.15, 0.2) is 35.1 Å². The zero-order valence-electron chi connectivity index (χ0n) is 9.45. The Labute approximate surface area is 108 Å². The minimum Gasteiger partial charge on any atom is -0.324 e. The number of aryl methyl sites for hydroxylation is 1. The van der Waals surface area contributed by atoms with E-state index in [0.717, 1.165) is 23.4 Å². The third-order valence-electron chi connectivity index (χ3n) is 2.35. The van der Waals surface area contributed by atoms with Gasteiger partial charge in [-0.1, -0.05) is 6.92 Å². The van der Waals surface area contributed by atoms with Gasteiger partial charge in [-0.2, -0.15) is 0 Å². The van der Waals surface area contributed by atoms with Crippen LogP contribution in [0.3, 0.4) is 0 Å². The van der Waals surface area contributed by atoms with Crippen LogP contribution in [-0.4, -0.2) is 9.55 Å². The lowest BCUT2D eigenvalue weighted by Crippen LogP contribution is -2.03. The second-order valence-electron chi connectivity index (χ2n) is 3.69. The summed E-state index contributed by atoms with van der Waals surface area (Å²) in [5, 5.41) is 3.11. The van der Waals surface area contributed by atoms with Crippen LogP contribution in [0.4, 0.5) is 16.0 Å². The first-order valence-corrected chi connectivity index (χ1v) is 6.23. The lowest BCUT2D eigenvalue weighted by molar-refractivity contribution is 0.628. The summed E-state index contributed by atoms with van der Waals surface area (Å²) in [6.45, 7) is 2.98. The lowest BCUT2D eigenvalue weighted by Gasteiger charge is -2.10. The summed E-state index contributed by atoms with van der Waals surface area (Å²) in [4.78, 5) is 4.21. The molecule has 0 aliphatic rings. The summed E-state index contributed by atoms with van der Waals surface area (Å²) >= 11 is 3.37. The average molecular weight is 298 g/mol. The molecule has 0 bridgehead atoms. The molecule has 0 fully saturated rings. The van der Waals surface area contributed by atoms with Crippen molar-refractivity contribution in [1.82, 2.24) is 9.55 Å². The number of hydrogen-bond donors (Lipinski definition) is 1. The second kappa shape index (κ2) is 5.31. The van der Waals surface area contributed by atoms with E-state index >= 15 is 0 Å². The van der Waals surface area contributed by atoms with E-state index in [4.69, 9.17) is 0 Å². The highest BCUT2D eigenvalue weighted by Crippen LogP contribution is 2.25. The minimum absolute atomic E-state index is 0.274. The second-order valence-corrected chi connectivity index (χ2v) is 4.55. The van der Waals surface area contributed by atoms with Gasteiger partial charge in [0.05, 0.1) is 5.69 Å². The van der Waals surface area contributed by atoms with Gasteiger partial charge in [0.1, 0.15) is 5.82 Å². The molecule has 2 rings (SSSR count). The Hall–Kier alpha value is -1.36. The molecule has 17 heavy (non-hydrogen) atoms. The molecule has 0 atom stereocenters. The van der Waals surface area contributed by atoms with Crippen LogP contribution in [0.1, 0.15) is 13.3 Å². The van der Waals surface area contributed by atoms with Crippen molar-refractivity contribution in [2.75, 3.05) is 5.32 Å². The Morgan fingerprint density at radius 3 is 3.06 bits per heavy atom. The topological polar surface area (TPSA) is 29.9 Å². The Bertz CT molecular complexity index is 510. The summed E-state index contributed by atoms with van der Waals surface area (Å²) in [6.07, 6.45) is 4.65. The fraction of sp³-hybridized carbons (Fsp3) is 0.250. The predicted octanol–water partition coefficient (Wildman–Crippen LogP) is 3.94. The molecule has 0 amide bonds. The highest BCUT2D eigenvalue weighted by molar-refractivity contribution is 9.10. The zero-order valence-corrected chi connectivity index (χ0v) is 11.0. The molecule has 1 heterocycles. The molecule has 0 spiro atoms. The fourth-order valence-electron chi connectivity index (χ4n) is 1.57. The molecular weight excluding hydrogens is 285 g/mol. The summed E-state index contributed by atoms with van der Waals surface area (Å²) in [7, 11) is 0. The van der Waals surface area contributed by atoms with Gasteiger partial charge in [-0.25, -0.2) is 9.37 Å². The van der Waals surface area contributed by atoms with Crippen LogP contribution < -0.4 is 5.32 Å². The van der Waals surface area contributed by atoms with Crippen LogP contribution in [0.2, 0.25) is 0 Å². The lowest BCUT2D eigenvalue weighted by atomic mass is 10.3. The van der Waals surface area contributed by atoms with Crippen molar-refractivity contribution in [2.45, 2.75) is 19.9 Å². The molecular formula is C12H13BrFN3. The molecule has 2 aromatic rings. The number of nitrogens with one attached hydrogen (secondary N) is 1. The van der Waals surface area contributed by atoms with Crippen LogP contribution in [0.25, 0.3) is 0 Å². The Balaban J connectivity index is 2.25. The van der Waals surface area contributed by atoms with E-state index < -0.39 is 0 Å². The SMILES string of the molecule is CCCn1ccnc1Nc1cc(F)ccc1Br. The standard InChI is InChI=1S/C12H13BrFN3/c1-2-6-17-7-5-15-12(17)16-11-8-9(14)3-4-10(11)13/h3-5,7-8H,2,6H2,1H3,(H,15,16). The summed E-state index contributed by atoms with van der Waals surface area (Å²) in [5.74, 6) is 0.447. The van der Waals surface area contributed by atoms with Crippen molar-refractivity contribution in [3.63, 3.8) is 0 Å². The maximum atomic E-state index is 13.1. The molecule has 5 heteroatoms. The third-order valence-corrected chi connectivity index (χ3v) is 3.05. The number of halogens is 2. The predicted molar refractivity (Wildman–Crippen MR) is 69.9 cm³/mol. The molecule has 0 unspecified atom stereocenters. The third kappa shape index (κ3) is 2.85. The van der Waals surface area contributed by atoms with Gasteiger partial charge in [0.15, 0.2) is 0 Å². The first kappa shape index (κ1) is 12.1. The maximum Gasteiger partial charge on any atom is 0.207 e. The Morgan fingerprint density at radius 1 is 1.47 bits per heavy atom. The molecule has 90 valence electrons. The van der Waals surface area contributed by atoms with Gasteiger partial charge < -0.3 is 9.88 Å². The van der Waals surface area contributed by atoms with Crippen molar-refractivity contribution < 1.29 is 4.39 Å². The number of rotatable bonds is 4. The van der Waals surface area contributed by atoms with Gasteiger partial charge in [-0.05, 0) is 40.5 Å². The monoisotopic (exact) mass is 297 g/mol. The highest BCUT2D eigenvalue weighted by Gasteiger charge is 2.06. The molecule has 0 saturated carbocycles. The van der Waals surface area contributed by atoms with Crippen LogP contribution in [-0.2, 0) is 6.54 Å². The quantitative estimate of drug-likeness (QED) is 0.926. The van der Waals surface area contributed by atoms with E-state index in [1.54, 1.807) is 12.3 Å². The highest BCUT2D eigenvalue weighted by atomic mass is 79.9. The zero-order chi connectivity index (χ0) is 12.3. The molecule has 0 saturated heterocycles. The number of imidazole rings is 1. The minimum atomic E-state index is -0.274. The largest absolute Gasteiger partial charge is 0.324 e. The molecule has 1 N–H and O–H groups in total. The van der Waals surface area contributed by atoms with Gasteiger partial charge in [-0.15, -0.1) is 0 Å².